The number of thiocarbonyl (C=S) groups is 1. The molecule has 4 nitrogen and oxygen atoms in total. The average Bonchev–Trinajstić information content (AvgIpc) is 3.12. The topological polar surface area (TPSA) is 54.3 Å². The number of halogens is 2. The molecule has 0 unspecified atom stereocenters. The molecule has 0 radical (unpaired) electrons. The van der Waals surface area contributed by atoms with E-state index < -0.39 is 17.5 Å². The number of carbonyl (C=O) groups is 1. The number of benzene rings is 2. The summed E-state index contributed by atoms with van der Waals surface area (Å²) >= 11 is 4.94. The van der Waals surface area contributed by atoms with Gasteiger partial charge in [-0.25, -0.2) is 8.78 Å². The quantitative estimate of drug-likeness (QED) is 0.503. The van der Waals surface area contributed by atoms with Crippen LogP contribution in [0.4, 0.5) is 14.5 Å². The van der Waals surface area contributed by atoms with E-state index in [9.17, 15) is 13.6 Å². The summed E-state index contributed by atoms with van der Waals surface area (Å²) < 4.78 is 32.1. The van der Waals surface area contributed by atoms with Crippen LogP contribution in [-0.4, -0.2) is 11.0 Å². The number of amides is 1. The average molecular weight is 384 g/mol. The Morgan fingerprint density at radius 1 is 1.04 bits per heavy atom. The van der Waals surface area contributed by atoms with Gasteiger partial charge < -0.3 is 9.73 Å². The number of anilines is 1. The Bertz CT molecular complexity index is 1000. The first-order chi connectivity index (χ1) is 13.0. The van der Waals surface area contributed by atoms with E-state index in [4.69, 9.17) is 16.6 Å². The van der Waals surface area contributed by atoms with Crippen LogP contribution in [-0.2, 0) is 4.79 Å². The van der Waals surface area contributed by atoms with Crippen molar-refractivity contribution in [1.82, 2.24) is 5.32 Å². The Kier molecular flexibility index (Phi) is 5.73. The molecule has 0 bridgehead atoms. The van der Waals surface area contributed by atoms with Gasteiger partial charge in [0.25, 0.3) is 0 Å². The Balaban J connectivity index is 1.57. The molecule has 3 rings (SSSR count). The second-order valence-corrected chi connectivity index (χ2v) is 5.88. The van der Waals surface area contributed by atoms with Crippen LogP contribution in [0.1, 0.15) is 5.76 Å². The molecule has 2 N–H and O–H groups in total. The number of carbonyl (C=O) groups excluding carboxylic acids is 1. The van der Waals surface area contributed by atoms with Gasteiger partial charge in [-0.3, -0.25) is 10.1 Å². The Morgan fingerprint density at radius 3 is 2.56 bits per heavy atom. The van der Waals surface area contributed by atoms with Crippen LogP contribution in [0.5, 0.6) is 0 Å². The van der Waals surface area contributed by atoms with E-state index in [0.717, 1.165) is 11.6 Å². The highest BCUT2D eigenvalue weighted by molar-refractivity contribution is 7.80. The Morgan fingerprint density at radius 2 is 1.81 bits per heavy atom. The maximum absolute atomic E-state index is 13.6. The molecular formula is C20H14F2N2O2S. The van der Waals surface area contributed by atoms with Crippen LogP contribution >= 0.6 is 12.2 Å². The first-order valence-electron chi connectivity index (χ1n) is 7.91. The first-order valence-corrected chi connectivity index (χ1v) is 8.32. The van der Waals surface area contributed by atoms with Crippen LogP contribution < -0.4 is 10.6 Å². The van der Waals surface area contributed by atoms with E-state index in [2.05, 4.69) is 10.6 Å². The van der Waals surface area contributed by atoms with E-state index in [1.165, 1.54) is 18.2 Å². The molecule has 2 aromatic carbocycles. The number of hydrogen-bond donors (Lipinski definition) is 2. The normalized spacial score (nSPS) is 10.7. The Labute approximate surface area is 159 Å². The molecule has 0 atom stereocenters. The second-order valence-electron chi connectivity index (χ2n) is 5.47. The second kappa shape index (κ2) is 8.37. The minimum absolute atomic E-state index is 0.0378. The lowest BCUT2D eigenvalue weighted by Crippen LogP contribution is -2.33. The molecule has 0 saturated heterocycles. The maximum Gasteiger partial charge on any atom is 0.250 e. The predicted molar refractivity (Wildman–Crippen MR) is 104 cm³/mol. The zero-order chi connectivity index (χ0) is 19.2. The van der Waals surface area contributed by atoms with E-state index in [1.54, 1.807) is 12.1 Å². The molecule has 0 spiro atoms. The molecule has 0 aliphatic heterocycles. The van der Waals surface area contributed by atoms with Gasteiger partial charge in [-0.2, -0.15) is 0 Å². The van der Waals surface area contributed by atoms with Gasteiger partial charge in [0.05, 0.1) is 5.69 Å². The van der Waals surface area contributed by atoms with Gasteiger partial charge in [0.1, 0.15) is 23.2 Å². The van der Waals surface area contributed by atoms with Crippen molar-refractivity contribution >= 4 is 35.0 Å². The third kappa shape index (κ3) is 5.08. The molecule has 1 heterocycles. The van der Waals surface area contributed by atoms with Crippen LogP contribution in [0.25, 0.3) is 17.4 Å². The summed E-state index contributed by atoms with van der Waals surface area (Å²) in [6.45, 7) is 0. The summed E-state index contributed by atoms with van der Waals surface area (Å²) in [5.74, 6) is -0.866. The molecule has 3 aromatic rings. The van der Waals surface area contributed by atoms with Crippen LogP contribution in [0.2, 0.25) is 0 Å². The molecule has 1 amide bonds. The van der Waals surface area contributed by atoms with Crippen LogP contribution in [0, 0.1) is 11.6 Å². The third-order valence-electron chi connectivity index (χ3n) is 3.50. The van der Waals surface area contributed by atoms with Crippen molar-refractivity contribution in [1.29, 1.82) is 0 Å². The Hall–Kier alpha value is -3.32. The van der Waals surface area contributed by atoms with Crippen molar-refractivity contribution in [3.05, 3.63) is 84.1 Å². The molecule has 0 aliphatic rings. The van der Waals surface area contributed by atoms with Crippen molar-refractivity contribution in [3.63, 3.8) is 0 Å². The molecular weight excluding hydrogens is 370 g/mol. The van der Waals surface area contributed by atoms with Gasteiger partial charge in [0.2, 0.25) is 5.91 Å². The smallest absolute Gasteiger partial charge is 0.250 e. The summed E-state index contributed by atoms with van der Waals surface area (Å²) in [5, 5.41) is 4.75. The highest BCUT2D eigenvalue weighted by Gasteiger charge is 2.07. The summed E-state index contributed by atoms with van der Waals surface area (Å²) in [7, 11) is 0. The van der Waals surface area contributed by atoms with Crippen LogP contribution in [0.3, 0.4) is 0 Å². The largest absolute Gasteiger partial charge is 0.457 e. The van der Waals surface area contributed by atoms with Crippen molar-refractivity contribution in [2.45, 2.75) is 0 Å². The van der Waals surface area contributed by atoms with Gasteiger partial charge in [-0.15, -0.1) is 0 Å². The maximum atomic E-state index is 13.6. The van der Waals surface area contributed by atoms with Crippen molar-refractivity contribution < 1.29 is 18.0 Å². The fourth-order valence-corrected chi connectivity index (χ4v) is 2.47. The fraction of sp³-hybridized carbons (Fsp3) is 0. The number of furan rings is 1. The zero-order valence-corrected chi connectivity index (χ0v) is 14.7. The number of rotatable bonds is 4. The standard InChI is InChI=1S/C20H14F2N2O2S/c21-14-6-9-17(16(22)12-14)23-20(27)24-19(25)11-8-15-7-10-18(26-15)13-4-2-1-3-5-13/h1-12H,(H2,23,24,25,27)/b11-8+. The molecule has 1 aromatic heterocycles. The number of hydrogen-bond acceptors (Lipinski definition) is 3. The summed E-state index contributed by atoms with van der Waals surface area (Å²) in [6, 6.07) is 16.1. The minimum Gasteiger partial charge on any atom is -0.457 e. The molecule has 0 fully saturated rings. The highest BCUT2D eigenvalue weighted by Crippen LogP contribution is 2.22. The molecule has 27 heavy (non-hydrogen) atoms. The zero-order valence-electron chi connectivity index (χ0n) is 13.9. The SMILES string of the molecule is O=C(/C=C/c1ccc(-c2ccccc2)o1)NC(=S)Nc1ccc(F)cc1F. The van der Waals surface area contributed by atoms with E-state index in [-0.39, 0.29) is 10.8 Å². The lowest BCUT2D eigenvalue weighted by molar-refractivity contribution is -0.115. The van der Waals surface area contributed by atoms with Gasteiger partial charge in [-0.05, 0) is 42.6 Å². The first kappa shape index (κ1) is 18.5. The third-order valence-corrected chi connectivity index (χ3v) is 3.70. The predicted octanol–water partition coefficient (Wildman–Crippen LogP) is 4.75. The monoisotopic (exact) mass is 384 g/mol. The minimum atomic E-state index is -0.814. The lowest BCUT2D eigenvalue weighted by Gasteiger charge is -2.08. The summed E-state index contributed by atoms with van der Waals surface area (Å²) in [6.07, 6.45) is 2.73. The van der Waals surface area contributed by atoms with E-state index in [1.807, 2.05) is 30.3 Å². The van der Waals surface area contributed by atoms with Gasteiger partial charge in [0.15, 0.2) is 5.11 Å². The molecule has 7 heteroatoms. The molecule has 0 saturated carbocycles. The van der Waals surface area contributed by atoms with Crippen molar-refractivity contribution in [2.75, 3.05) is 5.32 Å². The van der Waals surface area contributed by atoms with Crippen molar-refractivity contribution in [3.8, 4) is 11.3 Å². The van der Waals surface area contributed by atoms with Gasteiger partial charge in [0, 0.05) is 17.7 Å². The van der Waals surface area contributed by atoms with Crippen LogP contribution in [0.15, 0.2) is 71.2 Å². The summed E-state index contributed by atoms with van der Waals surface area (Å²) in [4.78, 5) is 11.9. The van der Waals surface area contributed by atoms with Gasteiger partial charge in [-0.1, -0.05) is 30.3 Å². The molecule has 136 valence electrons. The van der Waals surface area contributed by atoms with Crippen molar-refractivity contribution in [2.24, 2.45) is 0 Å². The lowest BCUT2D eigenvalue weighted by atomic mass is 10.2. The van der Waals surface area contributed by atoms with Gasteiger partial charge >= 0.3 is 0 Å². The number of nitrogens with one attached hydrogen (secondary N) is 2. The highest BCUT2D eigenvalue weighted by atomic mass is 32.1. The van der Waals surface area contributed by atoms with E-state index >= 15 is 0 Å². The fourth-order valence-electron chi connectivity index (χ4n) is 2.26. The molecule has 0 aliphatic carbocycles. The van der Waals surface area contributed by atoms with E-state index in [0.29, 0.717) is 17.6 Å². The summed E-state index contributed by atoms with van der Waals surface area (Å²) in [5.41, 5.74) is 0.887.